The van der Waals surface area contributed by atoms with Crippen molar-refractivity contribution in [1.82, 2.24) is 19.7 Å². The topological polar surface area (TPSA) is 106 Å². The van der Waals surface area contributed by atoms with E-state index in [9.17, 15) is 14.4 Å². The second-order valence-electron chi connectivity index (χ2n) is 9.41. The summed E-state index contributed by atoms with van der Waals surface area (Å²) < 4.78 is 0. The Labute approximate surface area is 199 Å². The van der Waals surface area contributed by atoms with Gasteiger partial charge >= 0.3 is 12.0 Å². The number of hydrogen-bond donors (Lipinski definition) is 2. The normalized spacial score (nSPS) is 21.0. The molecule has 1 saturated heterocycles. The third-order valence-corrected chi connectivity index (χ3v) is 8.02. The van der Waals surface area contributed by atoms with Gasteiger partial charge in [0, 0.05) is 38.3 Å². The van der Waals surface area contributed by atoms with Crippen LogP contribution in [-0.4, -0.2) is 87.5 Å². The van der Waals surface area contributed by atoms with Crippen molar-refractivity contribution in [1.29, 1.82) is 0 Å². The molecule has 3 amide bonds. The third kappa shape index (κ3) is 6.23. The van der Waals surface area contributed by atoms with Crippen molar-refractivity contribution in [2.24, 2.45) is 0 Å². The molecule has 0 radical (unpaired) electrons. The molecule has 0 aromatic carbocycles. The number of carbonyl (C=O) groups excluding carboxylic acids is 2. The number of amides is 3. The number of hydrogen-bond acceptors (Lipinski definition) is 6. The maximum absolute atomic E-state index is 13.3. The van der Waals surface area contributed by atoms with Gasteiger partial charge in [0.2, 0.25) is 0 Å². The molecule has 1 aromatic heterocycles. The van der Waals surface area contributed by atoms with Gasteiger partial charge in [0.25, 0.3) is 5.91 Å². The minimum Gasteiger partial charge on any atom is -0.480 e. The molecule has 2 N–H and O–H groups in total. The van der Waals surface area contributed by atoms with E-state index in [0.29, 0.717) is 48.3 Å². The molecule has 9 nitrogen and oxygen atoms in total. The first-order valence-electron chi connectivity index (χ1n) is 12.3. The summed E-state index contributed by atoms with van der Waals surface area (Å²) in [7, 11) is 0. The van der Waals surface area contributed by atoms with Crippen molar-refractivity contribution >= 4 is 34.4 Å². The Morgan fingerprint density at radius 2 is 1.55 bits per heavy atom. The largest absolute Gasteiger partial charge is 0.480 e. The highest BCUT2D eigenvalue weighted by atomic mass is 32.1. The Hall–Kier alpha value is -2.20. The molecule has 0 spiro atoms. The quantitative estimate of drug-likeness (QED) is 0.650. The molecule has 33 heavy (non-hydrogen) atoms. The first-order chi connectivity index (χ1) is 16.0. The number of nitrogens with one attached hydrogen (secondary N) is 1. The van der Waals surface area contributed by atoms with Crippen LogP contribution in [0.4, 0.5) is 9.93 Å². The predicted octanol–water partition coefficient (Wildman–Crippen LogP) is 3.48. The van der Waals surface area contributed by atoms with Crippen LogP contribution in [-0.2, 0) is 4.79 Å². The number of anilines is 1. The number of urea groups is 1. The average Bonchev–Trinajstić information content (AvgIpc) is 3.29. The lowest BCUT2D eigenvalue weighted by molar-refractivity contribution is -0.138. The molecular weight excluding hydrogens is 442 g/mol. The third-order valence-electron chi connectivity index (χ3n) is 7.12. The van der Waals surface area contributed by atoms with E-state index in [-0.39, 0.29) is 18.5 Å². The van der Waals surface area contributed by atoms with E-state index in [1.165, 1.54) is 56.1 Å². The second kappa shape index (κ2) is 11.3. The summed E-state index contributed by atoms with van der Waals surface area (Å²) in [5.41, 5.74) is 0. The Balaban J connectivity index is 1.36. The van der Waals surface area contributed by atoms with Gasteiger partial charge in [-0.1, -0.05) is 49.9 Å². The van der Waals surface area contributed by atoms with Gasteiger partial charge in [-0.2, -0.15) is 0 Å². The van der Waals surface area contributed by atoms with Crippen molar-refractivity contribution < 1.29 is 19.5 Å². The Morgan fingerprint density at radius 3 is 2.09 bits per heavy atom. The zero-order chi connectivity index (χ0) is 23.2. The molecule has 0 atom stereocenters. The maximum Gasteiger partial charge on any atom is 0.324 e. The van der Waals surface area contributed by atoms with Crippen LogP contribution >= 0.6 is 11.3 Å². The van der Waals surface area contributed by atoms with Crippen molar-refractivity contribution in [3.05, 3.63) is 11.1 Å². The van der Waals surface area contributed by atoms with E-state index in [0.717, 1.165) is 25.7 Å². The lowest BCUT2D eigenvalue weighted by atomic mass is 9.89. The molecular formula is C23H35N5O4S. The van der Waals surface area contributed by atoms with Gasteiger partial charge in [-0.3, -0.25) is 19.8 Å². The zero-order valence-corrected chi connectivity index (χ0v) is 20.0. The van der Waals surface area contributed by atoms with Crippen LogP contribution in [0.1, 0.15) is 73.9 Å². The fourth-order valence-corrected chi connectivity index (χ4v) is 6.17. The summed E-state index contributed by atoms with van der Waals surface area (Å²) in [4.78, 5) is 47.6. The molecule has 10 heteroatoms. The summed E-state index contributed by atoms with van der Waals surface area (Å²) >= 11 is 1.22. The number of carboxylic acid groups (broad SMARTS) is 1. The standard InChI is InChI=1S/C23H35N5O4S/c29-20(30)16-26-11-13-27(14-12-26)21(31)19-15-24-22(33-19)25-23(32)28(17-7-3-1-4-8-17)18-9-5-2-6-10-18/h15,17-18H,1-14,16H2,(H,29,30)(H,24,25,32). The monoisotopic (exact) mass is 477 g/mol. The first kappa shape index (κ1) is 23.9. The fraction of sp³-hybridized carbons (Fsp3) is 0.739. The molecule has 1 aromatic rings. The number of thiazole rings is 1. The number of rotatable bonds is 6. The molecule has 182 valence electrons. The van der Waals surface area contributed by atoms with Crippen molar-refractivity contribution in [2.75, 3.05) is 38.0 Å². The smallest absolute Gasteiger partial charge is 0.324 e. The minimum absolute atomic E-state index is 0.00272. The highest BCUT2D eigenvalue weighted by Crippen LogP contribution is 2.31. The Bertz CT molecular complexity index is 809. The van der Waals surface area contributed by atoms with Gasteiger partial charge in [0.1, 0.15) is 4.88 Å². The van der Waals surface area contributed by atoms with Crippen molar-refractivity contribution in [3.63, 3.8) is 0 Å². The summed E-state index contributed by atoms with van der Waals surface area (Å²) in [6, 6.07) is 0.513. The SMILES string of the molecule is O=C(O)CN1CCN(C(=O)c2cnc(NC(=O)N(C3CCCCC3)C3CCCCC3)s2)CC1. The average molecular weight is 478 g/mol. The number of nitrogens with zero attached hydrogens (tertiary/aromatic N) is 4. The second-order valence-corrected chi connectivity index (χ2v) is 10.4. The van der Waals surface area contributed by atoms with Gasteiger partial charge in [0.05, 0.1) is 12.7 Å². The molecule has 0 bridgehead atoms. The maximum atomic E-state index is 13.3. The number of carboxylic acids is 1. The van der Waals surface area contributed by atoms with Crippen LogP contribution in [0.3, 0.4) is 0 Å². The molecule has 3 fully saturated rings. The minimum atomic E-state index is -0.854. The van der Waals surface area contributed by atoms with Gasteiger partial charge in [-0.25, -0.2) is 9.78 Å². The van der Waals surface area contributed by atoms with Gasteiger partial charge in [-0.05, 0) is 25.7 Å². The molecule has 2 heterocycles. The van der Waals surface area contributed by atoms with Gasteiger partial charge in [0.15, 0.2) is 5.13 Å². The number of carbonyl (C=O) groups is 3. The number of aliphatic carboxylic acids is 1. The van der Waals surface area contributed by atoms with Crippen LogP contribution in [0, 0.1) is 0 Å². The summed E-state index contributed by atoms with van der Waals surface area (Å²) in [6.07, 6.45) is 13.0. The van der Waals surface area contributed by atoms with E-state index in [2.05, 4.69) is 15.2 Å². The van der Waals surface area contributed by atoms with Crippen LogP contribution in [0.15, 0.2) is 6.20 Å². The Kier molecular flexibility index (Phi) is 8.19. The first-order valence-corrected chi connectivity index (χ1v) is 13.1. The molecule has 3 aliphatic rings. The Morgan fingerprint density at radius 1 is 0.970 bits per heavy atom. The molecule has 2 aliphatic carbocycles. The van der Waals surface area contributed by atoms with Crippen molar-refractivity contribution in [2.45, 2.75) is 76.3 Å². The van der Waals surface area contributed by atoms with Gasteiger partial charge < -0.3 is 14.9 Å². The number of aromatic nitrogens is 1. The molecule has 0 unspecified atom stereocenters. The molecule has 4 rings (SSSR count). The lowest BCUT2D eigenvalue weighted by Gasteiger charge is -2.41. The highest BCUT2D eigenvalue weighted by molar-refractivity contribution is 7.17. The van der Waals surface area contributed by atoms with Crippen molar-refractivity contribution in [3.8, 4) is 0 Å². The summed E-state index contributed by atoms with van der Waals surface area (Å²) in [5, 5.41) is 12.4. The number of piperazine rings is 1. The van der Waals surface area contributed by atoms with E-state index in [1.54, 1.807) is 4.90 Å². The zero-order valence-electron chi connectivity index (χ0n) is 19.2. The van der Waals surface area contributed by atoms with Crippen LogP contribution in [0.5, 0.6) is 0 Å². The van der Waals surface area contributed by atoms with E-state index < -0.39 is 5.97 Å². The summed E-state index contributed by atoms with van der Waals surface area (Å²) in [5.74, 6) is -0.965. The molecule has 2 saturated carbocycles. The van der Waals surface area contributed by atoms with Crippen LogP contribution in [0.2, 0.25) is 0 Å². The van der Waals surface area contributed by atoms with E-state index in [1.807, 2.05) is 4.90 Å². The van der Waals surface area contributed by atoms with Gasteiger partial charge in [-0.15, -0.1) is 0 Å². The molecule has 1 aliphatic heterocycles. The fourth-order valence-electron chi connectivity index (χ4n) is 5.39. The van der Waals surface area contributed by atoms with Crippen LogP contribution in [0.25, 0.3) is 0 Å². The van der Waals surface area contributed by atoms with E-state index in [4.69, 9.17) is 5.11 Å². The summed E-state index contributed by atoms with van der Waals surface area (Å²) in [6.45, 7) is 2.05. The van der Waals surface area contributed by atoms with Crippen LogP contribution < -0.4 is 5.32 Å². The lowest BCUT2D eigenvalue weighted by Crippen LogP contribution is -2.50. The highest BCUT2D eigenvalue weighted by Gasteiger charge is 2.33. The van der Waals surface area contributed by atoms with E-state index >= 15 is 0 Å². The predicted molar refractivity (Wildman–Crippen MR) is 127 cm³/mol.